The molecule has 0 radical (unpaired) electrons. The van der Waals surface area contributed by atoms with Gasteiger partial charge in [-0.1, -0.05) is 18.2 Å². The molecule has 3 aliphatic heterocycles. The fourth-order valence-electron chi connectivity index (χ4n) is 4.80. The maximum absolute atomic E-state index is 13.0. The highest BCUT2D eigenvalue weighted by atomic mass is 32.2. The Hall–Kier alpha value is -1.48. The number of nitrogens with zero attached hydrogens (tertiary/aromatic N) is 3. The molecule has 7 nitrogen and oxygen atoms in total. The summed E-state index contributed by atoms with van der Waals surface area (Å²) in [6.45, 7) is 6.52. The molecule has 0 bridgehead atoms. The minimum atomic E-state index is -3.44. The number of piperidine rings is 1. The Bertz CT molecular complexity index is 864. The topological polar surface area (TPSA) is 70.2 Å². The van der Waals surface area contributed by atoms with Crippen LogP contribution in [0, 0.1) is 12.3 Å². The number of rotatable bonds is 4. The first-order chi connectivity index (χ1) is 13.8. The first-order valence-electron chi connectivity index (χ1n) is 10.4. The van der Waals surface area contributed by atoms with Gasteiger partial charge in [0, 0.05) is 39.8 Å². The molecule has 1 spiro atoms. The van der Waals surface area contributed by atoms with Crippen molar-refractivity contribution in [2.75, 3.05) is 52.9 Å². The summed E-state index contributed by atoms with van der Waals surface area (Å²) in [5.41, 5.74) is 0.859. The second-order valence-electron chi connectivity index (χ2n) is 8.86. The maximum atomic E-state index is 13.0. The Morgan fingerprint density at radius 2 is 1.86 bits per heavy atom. The van der Waals surface area contributed by atoms with Crippen molar-refractivity contribution in [3.63, 3.8) is 0 Å². The van der Waals surface area contributed by atoms with Gasteiger partial charge in [-0.05, 0) is 43.2 Å². The van der Waals surface area contributed by atoms with Crippen LogP contribution in [0.5, 0.6) is 0 Å². The van der Waals surface area contributed by atoms with Gasteiger partial charge in [0.1, 0.15) is 0 Å². The van der Waals surface area contributed by atoms with Crippen LogP contribution in [0.15, 0.2) is 29.2 Å². The SMILES string of the molecule is Cc1ccccc1S(=O)(=O)N1CCC2(CC1)CO[C@H](CN1CCN(C)C(=O)C1)C2. The number of carbonyl (C=O) groups excluding carboxylic acids is 1. The largest absolute Gasteiger partial charge is 0.376 e. The molecule has 29 heavy (non-hydrogen) atoms. The van der Waals surface area contributed by atoms with Crippen molar-refractivity contribution in [3.05, 3.63) is 29.8 Å². The van der Waals surface area contributed by atoms with Crippen LogP contribution < -0.4 is 0 Å². The van der Waals surface area contributed by atoms with Crippen molar-refractivity contribution in [2.24, 2.45) is 5.41 Å². The van der Waals surface area contributed by atoms with Gasteiger partial charge in [-0.25, -0.2) is 8.42 Å². The summed E-state index contributed by atoms with van der Waals surface area (Å²) in [4.78, 5) is 16.3. The molecule has 1 amide bonds. The standard InChI is InChI=1S/C21H31N3O4S/c1-17-5-3-4-6-19(17)29(26,27)24-9-7-21(8-10-24)13-18(28-16-21)14-23-12-11-22(2)20(25)15-23/h3-6,18H,7-16H2,1-2H3/t18-/m0/s1. The Morgan fingerprint density at radius 1 is 1.14 bits per heavy atom. The molecule has 0 aliphatic carbocycles. The molecular formula is C21H31N3O4S. The van der Waals surface area contributed by atoms with E-state index >= 15 is 0 Å². The van der Waals surface area contributed by atoms with E-state index in [4.69, 9.17) is 4.74 Å². The minimum Gasteiger partial charge on any atom is -0.376 e. The van der Waals surface area contributed by atoms with Gasteiger partial charge in [-0.15, -0.1) is 0 Å². The van der Waals surface area contributed by atoms with Crippen LogP contribution in [0.1, 0.15) is 24.8 Å². The summed E-state index contributed by atoms with van der Waals surface area (Å²) in [5, 5.41) is 0. The van der Waals surface area contributed by atoms with Crippen LogP contribution in [0.3, 0.4) is 0 Å². The zero-order valence-corrected chi connectivity index (χ0v) is 18.2. The van der Waals surface area contributed by atoms with Gasteiger partial charge in [0.05, 0.1) is 24.2 Å². The predicted molar refractivity (Wildman–Crippen MR) is 110 cm³/mol. The lowest BCUT2D eigenvalue weighted by Gasteiger charge is -2.38. The fourth-order valence-corrected chi connectivity index (χ4v) is 6.46. The molecule has 3 aliphatic rings. The number of benzene rings is 1. The molecule has 8 heteroatoms. The molecule has 0 saturated carbocycles. The molecule has 160 valence electrons. The van der Waals surface area contributed by atoms with E-state index in [1.54, 1.807) is 21.3 Å². The third-order valence-electron chi connectivity index (χ3n) is 6.78. The summed E-state index contributed by atoms with van der Waals surface area (Å²) in [7, 11) is -1.60. The summed E-state index contributed by atoms with van der Waals surface area (Å²) >= 11 is 0. The van der Waals surface area contributed by atoms with Gasteiger partial charge < -0.3 is 9.64 Å². The number of aryl methyl sites for hydroxylation is 1. The highest BCUT2D eigenvalue weighted by Gasteiger charge is 2.45. The molecule has 0 aromatic heterocycles. The molecule has 1 aromatic rings. The Balaban J connectivity index is 1.34. The van der Waals surface area contributed by atoms with Crippen LogP contribution in [-0.4, -0.2) is 87.5 Å². The average molecular weight is 422 g/mol. The van der Waals surface area contributed by atoms with Crippen molar-refractivity contribution < 1.29 is 17.9 Å². The molecule has 0 unspecified atom stereocenters. The minimum absolute atomic E-state index is 0.0685. The molecular weight excluding hydrogens is 390 g/mol. The van der Waals surface area contributed by atoms with Crippen molar-refractivity contribution in [1.82, 2.24) is 14.1 Å². The highest BCUT2D eigenvalue weighted by molar-refractivity contribution is 7.89. The highest BCUT2D eigenvalue weighted by Crippen LogP contribution is 2.43. The Kier molecular flexibility index (Phi) is 5.72. The number of piperazine rings is 1. The zero-order chi connectivity index (χ0) is 20.6. The fraction of sp³-hybridized carbons (Fsp3) is 0.667. The number of ether oxygens (including phenoxy) is 1. The van der Waals surface area contributed by atoms with Gasteiger partial charge in [0.15, 0.2) is 0 Å². The van der Waals surface area contributed by atoms with E-state index in [1.165, 1.54) is 0 Å². The second kappa shape index (κ2) is 7.98. The van der Waals surface area contributed by atoms with Gasteiger partial charge in [-0.2, -0.15) is 4.31 Å². The molecule has 3 heterocycles. The molecule has 3 fully saturated rings. The first-order valence-corrected chi connectivity index (χ1v) is 11.9. The van der Waals surface area contributed by atoms with Crippen LogP contribution in [0.25, 0.3) is 0 Å². The number of likely N-dealkylation sites (N-methyl/N-ethyl adjacent to an activating group) is 1. The third kappa shape index (κ3) is 4.21. The Morgan fingerprint density at radius 3 is 2.55 bits per heavy atom. The van der Waals surface area contributed by atoms with Crippen LogP contribution in [0.2, 0.25) is 0 Å². The van der Waals surface area contributed by atoms with Gasteiger partial charge >= 0.3 is 0 Å². The summed E-state index contributed by atoms with van der Waals surface area (Å²) in [5.74, 6) is 0.165. The van der Waals surface area contributed by atoms with E-state index < -0.39 is 10.0 Å². The van der Waals surface area contributed by atoms with E-state index in [0.29, 0.717) is 31.1 Å². The molecule has 4 rings (SSSR count). The molecule has 3 saturated heterocycles. The maximum Gasteiger partial charge on any atom is 0.243 e. The van der Waals surface area contributed by atoms with Crippen molar-refractivity contribution >= 4 is 15.9 Å². The van der Waals surface area contributed by atoms with Crippen LogP contribution >= 0.6 is 0 Å². The Labute approximate surface area is 173 Å². The summed E-state index contributed by atoms with van der Waals surface area (Å²) in [6.07, 6.45) is 2.74. The van der Waals surface area contributed by atoms with Gasteiger partial charge in [0.25, 0.3) is 0 Å². The average Bonchev–Trinajstić information content (AvgIpc) is 3.07. The van der Waals surface area contributed by atoms with E-state index in [0.717, 1.165) is 44.5 Å². The first kappa shape index (κ1) is 20.8. The zero-order valence-electron chi connectivity index (χ0n) is 17.3. The van der Waals surface area contributed by atoms with Crippen molar-refractivity contribution in [1.29, 1.82) is 0 Å². The predicted octanol–water partition coefficient (Wildman–Crippen LogP) is 1.33. The lowest BCUT2D eigenvalue weighted by atomic mass is 9.77. The number of sulfonamides is 1. The van der Waals surface area contributed by atoms with Crippen LogP contribution in [0.4, 0.5) is 0 Å². The second-order valence-corrected chi connectivity index (χ2v) is 10.8. The van der Waals surface area contributed by atoms with Gasteiger partial charge in [-0.3, -0.25) is 9.69 Å². The quantitative estimate of drug-likeness (QED) is 0.734. The third-order valence-corrected chi connectivity index (χ3v) is 8.84. The van der Waals surface area contributed by atoms with Crippen LogP contribution in [-0.2, 0) is 19.6 Å². The molecule has 1 atom stereocenters. The molecule has 1 aromatic carbocycles. The van der Waals surface area contributed by atoms with E-state index in [2.05, 4.69) is 4.90 Å². The monoisotopic (exact) mass is 421 g/mol. The van der Waals surface area contributed by atoms with E-state index in [-0.39, 0.29) is 17.4 Å². The number of carbonyl (C=O) groups is 1. The van der Waals surface area contributed by atoms with E-state index in [9.17, 15) is 13.2 Å². The van der Waals surface area contributed by atoms with Crippen molar-refractivity contribution in [2.45, 2.75) is 37.2 Å². The number of hydrogen-bond donors (Lipinski definition) is 0. The molecule has 0 N–H and O–H groups in total. The smallest absolute Gasteiger partial charge is 0.243 e. The lowest BCUT2D eigenvalue weighted by molar-refractivity contribution is -0.134. The lowest BCUT2D eigenvalue weighted by Crippen LogP contribution is -2.50. The number of amides is 1. The summed E-state index contributed by atoms with van der Waals surface area (Å²) < 4.78 is 33.8. The van der Waals surface area contributed by atoms with Crippen molar-refractivity contribution in [3.8, 4) is 0 Å². The number of hydrogen-bond acceptors (Lipinski definition) is 5. The normalized spacial score (nSPS) is 26.3. The van der Waals surface area contributed by atoms with E-state index in [1.807, 2.05) is 26.1 Å². The summed E-state index contributed by atoms with van der Waals surface area (Å²) in [6, 6.07) is 7.19. The van der Waals surface area contributed by atoms with Gasteiger partial charge in [0.2, 0.25) is 15.9 Å².